The molecule has 1 N–H and O–H groups in total. The van der Waals surface area contributed by atoms with Crippen molar-refractivity contribution in [3.8, 4) is 5.75 Å². The van der Waals surface area contributed by atoms with Crippen molar-refractivity contribution in [3.63, 3.8) is 0 Å². The molecule has 0 atom stereocenters. The smallest absolute Gasteiger partial charge is 0.258 e. The van der Waals surface area contributed by atoms with Gasteiger partial charge in [-0.15, -0.1) is 0 Å². The van der Waals surface area contributed by atoms with Crippen LogP contribution in [-0.2, 0) is 11.3 Å². The predicted molar refractivity (Wildman–Crippen MR) is 99.9 cm³/mol. The zero-order chi connectivity index (χ0) is 19.2. The minimum Gasteiger partial charge on any atom is -0.484 e. The molecular weight excluding hydrogens is 368 g/mol. The van der Waals surface area contributed by atoms with Crippen LogP contribution >= 0.6 is 11.6 Å². The maximum atomic E-state index is 12.4. The third-order valence-electron chi connectivity index (χ3n) is 3.74. The van der Waals surface area contributed by atoms with E-state index in [0.717, 1.165) is 0 Å². The van der Waals surface area contributed by atoms with Crippen LogP contribution in [0.4, 0.5) is 0 Å². The molecule has 2 aromatic carbocycles. The zero-order valence-electron chi connectivity index (χ0n) is 14.6. The Morgan fingerprint density at radius 3 is 2.30 bits per heavy atom. The van der Waals surface area contributed by atoms with Gasteiger partial charge in [-0.3, -0.25) is 9.59 Å². The highest BCUT2D eigenvalue weighted by molar-refractivity contribution is 6.30. The van der Waals surface area contributed by atoms with E-state index in [1.807, 2.05) is 0 Å². The Labute approximate surface area is 161 Å². The summed E-state index contributed by atoms with van der Waals surface area (Å²) in [5.41, 5.74) is 1.72. The number of ether oxygens (including phenoxy) is 1. The molecule has 138 valence electrons. The molecule has 1 amide bonds. The fraction of sp³-hybridized carbons (Fsp3) is 0.150. The molecule has 0 saturated heterocycles. The Bertz CT molecular complexity index is 933. The number of halogens is 1. The van der Waals surface area contributed by atoms with E-state index in [1.54, 1.807) is 61.5 Å². The number of benzene rings is 2. The van der Waals surface area contributed by atoms with Gasteiger partial charge in [-0.2, -0.15) is 0 Å². The van der Waals surface area contributed by atoms with Gasteiger partial charge in [-0.05, 0) is 55.5 Å². The lowest BCUT2D eigenvalue weighted by Gasteiger charge is -2.07. The topological polar surface area (TPSA) is 81.4 Å². The fourth-order valence-corrected chi connectivity index (χ4v) is 2.49. The van der Waals surface area contributed by atoms with Gasteiger partial charge in [-0.1, -0.05) is 16.8 Å². The first-order valence-electron chi connectivity index (χ1n) is 8.23. The summed E-state index contributed by atoms with van der Waals surface area (Å²) in [6, 6.07) is 15.1. The van der Waals surface area contributed by atoms with Crippen LogP contribution < -0.4 is 10.1 Å². The van der Waals surface area contributed by atoms with Crippen LogP contribution in [0.3, 0.4) is 0 Å². The number of ketones is 1. The van der Waals surface area contributed by atoms with Gasteiger partial charge in [0.2, 0.25) is 0 Å². The molecule has 0 unspecified atom stereocenters. The average molecular weight is 385 g/mol. The van der Waals surface area contributed by atoms with Crippen molar-refractivity contribution in [3.05, 3.63) is 82.2 Å². The van der Waals surface area contributed by atoms with E-state index in [0.29, 0.717) is 33.4 Å². The summed E-state index contributed by atoms with van der Waals surface area (Å²) in [6.45, 7) is 1.91. The van der Waals surface area contributed by atoms with E-state index in [2.05, 4.69) is 10.5 Å². The predicted octanol–water partition coefficient (Wildman–Crippen LogP) is 3.56. The average Bonchev–Trinajstić information content (AvgIpc) is 3.10. The first-order chi connectivity index (χ1) is 13.0. The van der Waals surface area contributed by atoms with E-state index < -0.39 is 0 Å². The van der Waals surface area contributed by atoms with Crippen molar-refractivity contribution >= 4 is 23.3 Å². The normalized spacial score (nSPS) is 10.4. The number of nitrogens with one attached hydrogen (secondary N) is 1. The summed E-state index contributed by atoms with van der Waals surface area (Å²) in [4.78, 5) is 24.2. The summed E-state index contributed by atoms with van der Waals surface area (Å²) in [5.74, 6) is 0.787. The summed E-state index contributed by atoms with van der Waals surface area (Å²) in [5, 5.41) is 7.06. The molecule has 0 fully saturated rings. The fourth-order valence-electron chi connectivity index (χ4n) is 2.36. The van der Waals surface area contributed by atoms with Gasteiger partial charge in [0.15, 0.2) is 12.4 Å². The molecule has 0 aliphatic heterocycles. The van der Waals surface area contributed by atoms with Crippen molar-refractivity contribution in [2.45, 2.75) is 13.5 Å². The van der Waals surface area contributed by atoms with E-state index >= 15 is 0 Å². The van der Waals surface area contributed by atoms with Gasteiger partial charge >= 0.3 is 0 Å². The lowest BCUT2D eigenvalue weighted by Crippen LogP contribution is -2.28. The second-order valence-corrected chi connectivity index (χ2v) is 6.29. The minimum absolute atomic E-state index is 0.112. The lowest BCUT2D eigenvalue weighted by molar-refractivity contribution is -0.123. The van der Waals surface area contributed by atoms with Gasteiger partial charge in [0.05, 0.1) is 6.54 Å². The number of amides is 1. The lowest BCUT2D eigenvalue weighted by atomic mass is 10.0. The second kappa shape index (κ2) is 8.51. The van der Waals surface area contributed by atoms with E-state index in [1.165, 1.54) is 0 Å². The van der Waals surface area contributed by atoms with Crippen molar-refractivity contribution in [1.29, 1.82) is 0 Å². The highest BCUT2D eigenvalue weighted by atomic mass is 35.5. The molecule has 3 rings (SSSR count). The molecule has 7 heteroatoms. The molecule has 0 saturated carbocycles. The Hall–Kier alpha value is -3.12. The summed E-state index contributed by atoms with van der Waals surface area (Å²) in [7, 11) is 0. The number of aromatic nitrogens is 1. The van der Waals surface area contributed by atoms with Crippen LogP contribution in [0.15, 0.2) is 59.1 Å². The quantitative estimate of drug-likeness (QED) is 0.630. The third kappa shape index (κ3) is 5.18. The Morgan fingerprint density at radius 2 is 1.70 bits per heavy atom. The summed E-state index contributed by atoms with van der Waals surface area (Å²) < 4.78 is 10.4. The van der Waals surface area contributed by atoms with Crippen LogP contribution in [0.2, 0.25) is 5.02 Å². The molecule has 0 radical (unpaired) electrons. The van der Waals surface area contributed by atoms with Gasteiger partial charge in [-0.25, -0.2) is 0 Å². The molecule has 0 aliphatic rings. The standard InChI is InChI=1S/C20H17ClN2O4/c1-13-10-17(23-27-13)11-22-19(24)12-26-18-8-4-15(5-9-18)20(25)14-2-6-16(21)7-3-14/h2-10H,11-12H2,1H3,(H,22,24). The molecule has 0 aliphatic carbocycles. The highest BCUT2D eigenvalue weighted by Crippen LogP contribution is 2.17. The van der Waals surface area contributed by atoms with Gasteiger partial charge < -0.3 is 14.6 Å². The molecule has 1 aromatic heterocycles. The van der Waals surface area contributed by atoms with Crippen LogP contribution in [0.25, 0.3) is 0 Å². The van der Waals surface area contributed by atoms with E-state index in [-0.39, 0.29) is 24.8 Å². The summed E-state index contributed by atoms with van der Waals surface area (Å²) in [6.07, 6.45) is 0. The van der Waals surface area contributed by atoms with Crippen molar-refractivity contribution in [2.24, 2.45) is 0 Å². The Balaban J connectivity index is 1.50. The largest absolute Gasteiger partial charge is 0.484 e. The number of aryl methyl sites for hydroxylation is 1. The minimum atomic E-state index is -0.281. The van der Waals surface area contributed by atoms with Crippen LogP contribution in [0.5, 0.6) is 5.75 Å². The van der Waals surface area contributed by atoms with Crippen LogP contribution in [0, 0.1) is 6.92 Å². The van der Waals surface area contributed by atoms with Gasteiger partial charge in [0.25, 0.3) is 5.91 Å². The van der Waals surface area contributed by atoms with E-state index in [4.69, 9.17) is 20.9 Å². The second-order valence-electron chi connectivity index (χ2n) is 5.85. The first kappa shape index (κ1) is 18.7. The molecule has 0 bridgehead atoms. The number of nitrogens with zero attached hydrogens (tertiary/aromatic N) is 1. The molecule has 0 spiro atoms. The molecule has 3 aromatic rings. The number of hydrogen-bond donors (Lipinski definition) is 1. The Kier molecular flexibility index (Phi) is 5.88. The maximum Gasteiger partial charge on any atom is 0.258 e. The SMILES string of the molecule is Cc1cc(CNC(=O)COc2ccc(C(=O)c3ccc(Cl)cc3)cc2)no1. The van der Waals surface area contributed by atoms with Crippen molar-refractivity contribution in [2.75, 3.05) is 6.61 Å². The molecule has 6 nitrogen and oxygen atoms in total. The maximum absolute atomic E-state index is 12.4. The number of carbonyl (C=O) groups is 2. The monoisotopic (exact) mass is 384 g/mol. The molecule has 27 heavy (non-hydrogen) atoms. The Morgan fingerprint density at radius 1 is 1.07 bits per heavy atom. The zero-order valence-corrected chi connectivity index (χ0v) is 15.3. The van der Waals surface area contributed by atoms with Crippen LogP contribution in [0.1, 0.15) is 27.4 Å². The van der Waals surface area contributed by atoms with Gasteiger partial charge in [0, 0.05) is 22.2 Å². The molecular formula is C20H17ClN2O4. The number of carbonyl (C=O) groups excluding carboxylic acids is 2. The van der Waals surface area contributed by atoms with Crippen LogP contribution in [-0.4, -0.2) is 23.5 Å². The van der Waals surface area contributed by atoms with Crippen molar-refractivity contribution < 1.29 is 18.8 Å². The van der Waals surface area contributed by atoms with Gasteiger partial charge in [0.1, 0.15) is 17.2 Å². The van der Waals surface area contributed by atoms with E-state index in [9.17, 15) is 9.59 Å². The highest BCUT2D eigenvalue weighted by Gasteiger charge is 2.10. The third-order valence-corrected chi connectivity index (χ3v) is 3.99. The number of hydrogen-bond acceptors (Lipinski definition) is 5. The molecule has 1 heterocycles. The number of rotatable bonds is 7. The first-order valence-corrected chi connectivity index (χ1v) is 8.61. The summed E-state index contributed by atoms with van der Waals surface area (Å²) >= 11 is 5.83. The van der Waals surface area contributed by atoms with Crippen molar-refractivity contribution in [1.82, 2.24) is 10.5 Å².